The van der Waals surface area contributed by atoms with Crippen molar-refractivity contribution < 1.29 is 0 Å². The Kier molecular flexibility index (Phi) is 3.47. The minimum atomic E-state index is 0.328. The van der Waals surface area contributed by atoms with Gasteiger partial charge in [-0.15, -0.1) is 0 Å². The second kappa shape index (κ2) is 5.41. The van der Waals surface area contributed by atoms with E-state index in [-0.39, 0.29) is 0 Å². The normalized spacial score (nSPS) is 18.4. The Morgan fingerprint density at radius 1 is 1.00 bits per heavy atom. The molecule has 0 radical (unpaired) electrons. The van der Waals surface area contributed by atoms with Crippen LogP contribution in [0.25, 0.3) is 0 Å². The molecule has 3 rings (SSSR count). The smallest absolute Gasteiger partial charge is 0.169 e. The van der Waals surface area contributed by atoms with Gasteiger partial charge in [-0.05, 0) is 23.3 Å². The summed E-state index contributed by atoms with van der Waals surface area (Å²) in [4.78, 5) is 2.26. The monoisotopic (exact) mass is 268 g/mol. The van der Waals surface area contributed by atoms with Gasteiger partial charge in [0.25, 0.3) is 0 Å². The topological polar surface area (TPSA) is 15.3 Å². The van der Waals surface area contributed by atoms with E-state index in [0.29, 0.717) is 6.04 Å². The van der Waals surface area contributed by atoms with Crippen LogP contribution < -0.4 is 5.32 Å². The standard InChI is InChI=1S/C16H16N2S/c19-16-17-11-15(14-9-5-2-6-10-14)18(16)12-13-7-3-1-4-8-13/h1-10,15H,11-12H2,(H,17,19)/t15-/m0/s1. The van der Waals surface area contributed by atoms with Crippen LogP contribution >= 0.6 is 12.2 Å². The molecule has 19 heavy (non-hydrogen) atoms. The predicted molar refractivity (Wildman–Crippen MR) is 81.8 cm³/mol. The lowest BCUT2D eigenvalue weighted by molar-refractivity contribution is 0.354. The van der Waals surface area contributed by atoms with E-state index in [2.05, 4.69) is 58.7 Å². The molecule has 1 fully saturated rings. The molecule has 1 N–H and O–H groups in total. The molecule has 0 amide bonds. The predicted octanol–water partition coefficient (Wildman–Crippen LogP) is 3.12. The Balaban J connectivity index is 1.83. The Bertz CT molecular complexity index is 553. The number of hydrogen-bond donors (Lipinski definition) is 1. The molecule has 1 aliphatic rings. The molecule has 0 bridgehead atoms. The van der Waals surface area contributed by atoms with E-state index in [4.69, 9.17) is 12.2 Å². The molecule has 1 saturated heterocycles. The quantitative estimate of drug-likeness (QED) is 0.861. The molecule has 0 saturated carbocycles. The highest BCUT2D eigenvalue weighted by molar-refractivity contribution is 7.80. The number of benzene rings is 2. The summed E-state index contributed by atoms with van der Waals surface area (Å²) in [6.45, 7) is 1.74. The fraction of sp³-hybridized carbons (Fsp3) is 0.188. The van der Waals surface area contributed by atoms with Gasteiger partial charge in [-0.1, -0.05) is 60.7 Å². The van der Waals surface area contributed by atoms with Crippen LogP contribution in [0.1, 0.15) is 17.2 Å². The molecule has 1 aliphatic heterocycles. The molecule has 0 unspecified atom stereocenters. The lowest BCUT2D eigenvalue weighted by Crippen LogP contribution is -2.29. The van der Waals surface area contributed by atoms with Gasteiger partial charge in [-0.3, -0.25) is 0 Å². The average molecular weight is 268 g/mol. The first-order valence-corrected chi connectivity index (χ1v) is 6.89. The average Bonchev–Trinajstić information content (AvgIpc) is 2.82. The molecule has 96 valence electrons. The van der Waals surface area contributed by atoms with Crippen LogP contribution in [0.5, 0.6) is 0 Å². The third kappa shape index (κ3) is 2.61. The number of nitrogens with one attached hydrogen (secondary N) is 1. The van der Waals surface area contributed by atoms with E-state index >= 15 is 0 Å². The molecule has 0 aliphatic carbocycles. The zero-order chi connectivity index (χ0) is 13.1. The van der Waals surface area contributed by atoms with Crippen LogP contribution in [-0.4, -0.2) is 16.6 Å². The molecule has 3 heteroatoms. The maximum Gasteiger partial charge on any atom is 0.169 e. The maximum atomic E-state index is 5.43. The largest absolute Gasteiger partial charge is 0.360 e. The molecular formula is C16H16N2S. The van der Waals surface area contributed by atoms with E-state index in [0.717, 1.165) is 18.2 Å². The summed E-state index contributed by atoms with van der Waals surface area (Å²) >= 11 is 5.43. The minimum Gasteiger partial charge on any atom is -0.360 e. The Morgan fingerprint density at radius 3 is 2.32 bits per heavy atom. The number of nitrogens with zero attached hydrogens (tertiary/aromatic N) is 1. The summed E-state index contributed by atoms with van der Waals surface area (Å²) in [5.41, 5.74) is 2.60. The summed E-state index contributed by atoms with van der Waals surface area (Å²) in [6.07, 6.45) is 0. The molecular weight excluding hydrogens is 252 g/mol. The summed E-state index contributed by atoms with van der Waals surface area (Å²) < 4.78 is 0. The summed E-state index contributed by atoms with van der Waals surface area (Å²) in [7, 11) is 0. The molecule has 2 aromatic rings. The van der Waals surface area contributed by atoms with Crippen LogP contribution in [0.4, 0.5) is 0 Å². The number of rotatable bonds is 3. The number of thiocarbonyl (C=S) groups is 1. The van der Waals surface area contributed by atoms with Crippen LogP contribution in [0.15, 0.2) is 60.7 Å². The third-order valence-electron chi connectivity index (χ3n) is 3.46. The molecule has 2 aromatic carbocycles. The van der Waals surface area contributed by atoms with Crippen molar-refractivity contribution in [1.82, 2.24) is 10.2 Å². The van der Waals surface area contributed by atoms with Gasteiger partial charge in [0.1, 0.15) is 0 Å². The van der Waals surface area contributed by atoms with Gasteiger partial charge >= 0.3 is 0 Å². The SMILES string of the molecule is S=C1NC[C@@H](c2ccccc2)N1Cc1ccccc1. The Morgan fingerprint density at radius 2 is 1.63 bits per heavy atom. The van der Waals surface area contributed by atoms with Gasteiger partial charge in [0, 0.05) is 13.1 Å². The molecule has 2 nitrogen and oxygen atoms in total. The zero-order valence-corrected chi connectivity index (χ0v) is 11.4. The fourth-order valence-electron chi connectivity index (χ4n) is 2.47. The van der Waals surface area contributed by atoms with Gasteiger partial charge in [0.15, 0.2) is 5.11 Å². The third-order valence-corrected chi connectivity index (χ3v) is 3.84. The van der Waals surface area contributed by atoms with Crippen molar-refractivity contribution in [2.75, 3.05) is 6.54 Å². The van der Waals surface area contributed by atoms with Crippen molar-refractivity contribution in [3.8, 4) is 0 Å². The highest BCUT2D eigenvalue weighted by atomic mass is 32.1. The molecule has 0 aromatic heterocycles. The summed E-state index contributed by atoms with van der Waals surface area (Å²) in [5, 5.41) is 4.14. The lowest BCUT2D eigenvalue weighted by atomic mass is 10.1. The van der Waals surface area contributed by atoms with E-state index in [1.165, 1.54) is 11.1 Å². The summed E-state index contributed by atoms with van der Waals surface area (Å²) in [6, 6.07) is 21.3. The van der Waals surface area contributed by atoms with Crippen LogP contribution in [-0.2, 0) is 6.54 Å². The first-order valence-electron chi connectivity index (χ1n) is 6.48. The van der Waals surface area contributed by atoms with Crippen LogP contribution in [0.2, 0.25) is 0 Å². The highest BCUT2D eigenvalue weighted by Crippen LogP contribution is 2.26. The summed E-state index contributed by atoms with van der Waals surface area (Å²) in [5.74, 6) is 0. The molecule has 1 heterocycles. The van der Waals surface area contributed by atoms with Gasteiger partial charge in [-0.25, -0.2) is 0 Å². The van der Waals surface area contributed by atoms with Crippen molar-refractivity contribution in [1.29, 1.82) is 0 Å². The highest BCUT2D eigenvalue weighted by Gasteiger charge is 2.28. The second-order valence-electron chi connectivity index (χ2n) is 4.73. The number of hydrogen-bond acceptors (Lipinski definition) is 1. The van der Waals surface area contributed by atoms with E-state index in [1.807, 2.05) is 12.1 Å². The second-order valence-corrected chi connectivity index (χ2v) is 5.11. The van der Waals surface area contributed by atoms with Crippen molar-refractivity contribution >= 4 is 17.3 Å². The Labute approximate surface area is 119 Å². The minimum absolute atomic E-state index is 0.328. The van der Waals surface area contributed by atoms with Crippen LogP contribution in [0, 0.1) is 0 Å². The zero-order valence-electron chi connectivity index (χ0n) is 10.6. The van der Waals surface area contributed by atoms with Gasteiger partial charge < -0.3 is 10.2 Å². The molecule has 1 atom stereocenters. The van der Waals surface area contributed by atoms with E-state index in [1.54, 1.807) is 0 Å². The van der Waals surface area contributed by atoms with E-state index < -0.39 is 0 Å². The lowest BCUT2D eigenvalue weighted by Gasteiger charge is -2.25. The Hall–Kier alpha value is -1.87. The first kappa shape index (κ1) is 12.2. The van der Waals surface area contributed by atoms with Crippen molar-refractivity contribution in [3.63, 3.8) is 0 Å². The fourth-order valence-corrected chi connectivity index (χ4v) is 2.75. The maximum absolute atomic E-state index is 5.43. The molecule has 0 spiro atoms. The van der Waals surface area contributed by atoms with Crippen molar-refractivity contribution in [2.24, 2.45) is 0 Å². The first-order chi connectivity index (χ1) is 9.34. The van der Waals surface area contributed by atoms with Gasteiger partial charge in [0.05, 0.1) is 6.04 Å². The van der Waals surface area contributed by atoms with Gasteiger partial charge in [-0.2, -0.15) is 0 Å². The van der Waals surface area contributed by atoms with Crippen molar-refractivity contribution in [3.05, 3.63) is 71.8 Å². The van der Waals surface area contributed by atoms with Gasteiger partial charge in [0.2, 0.25) is 0 Å². The van der Waals surface area contributed by atoms with Crippen LogP contribution in [0.3, 0.4) is 0 Å². The van der Waals surface area contributed by atoms with E-state index in [9.17, 15) is 0 Å². The van der Waals surface area contributed by atoms with Crippen molar-refractivity contribution in [2.45, 2.75) is 12.6 Å².